The molecule has 6 nitrogen and oxygen atoms in total. The van der Waals surface area contributed by atoms with Crippen LogP contribution in [0.25, 0.3) is 0 Å². The molecule has 2 N–H and O–H groups in total. The number of carbonyl (C=O) groups is 2. The second-order valence-electron chi connectivity index (χ2n) is 6.06. The summed E-state index contributed by atoms with van der Waals surface area (Å²) in [5.41, 5.74) is 1.71. The van der Waals surface area contributed by atoms with Gasteiger partial charge in [0.15, 0.2) is 0 Å². The van der Waals surface area contributed by atoms with E-state index in [0.717, 1.165) is 11.3 Å². The van der Waals surface area contributed by atoms with Gasteiger partial charge in [0.05, 0.1) is 13.2 Å². The molecule has 1 unspecified atom stereocenters. The number of benzene rings is 2. The summed E-state index contributed by atoms with van der Waals surface area (Å²) in [5, 5.41) is 6.29. The number of nitrogens with zero attached hydrogens (tertiary/aromatic N) is 1. The van der Waals surface area contributed by atoms with Crippen LogP contribution in [-0.2, 0) is 11.3 Å². The molecule has 1 aliphatic heterocycles. The molecular formula is C19H20ClN3O3. The van der Waals surface area contributed by atoms with E-state index < -0.39 is 0 Å². The number of amides is 3. The molecule has 0 radical (unpaired) electrons. The molecule has 26 heavy (non-hydrogen) atoms. The summed E-state index contributed by atoms with van der Waals surface area (Å²) < 4.78 is 5.20. The van der Waals surface area contributed by atoms with Crippen LogP contribution >= 0.6 is 11.6 Å². The standard InChI is InChI=1S/C19H20ClN3O3/c1-26-17-4-2-3-16(10-17)23-12-15(9-18(23)24)22-19(25)21-11-13-5-7-14(20)8-6-13/h2-8,10,15H,9,11-12H2,1H3,(H2,21,22,25). The highest BCUT2D eigenvalue weighted by molar-refractivity contribution is 6.30. The third-order valence-electron chi connectivity index (χ3n) is 4.19. The van der Waals surface area contributed by atoms with E-state index in [0.29, 0.717) is 23.9 Å². The predicted molar refractivity (Wildman–Crippen MR) is 101 cm³/mol. The normalized spacial score (nSPS) is 16.5. The summed E-state index contributed by atoms with van der Waals surface area (Å²) in [6, 6.07) is 14.0. The Hall–Kier alpha value is -2.73. The first-order valence-electron chi connectivity index (χ1n) is 8.28. The van der Waals surface area contributed by atoms with Crippen LogP contribution in [-0.4, -0.2) is 31.6 Å². The zero-order chi connectivity index (χ0) is 18.5. The number of hydrogen-bond donors (Lipinski definition) is 2. The van der Waals surface area contributed by atoms with Crippen LogP contribution in [0.3, 0.4) is 0 Å². The van der Waals surface area contributed by atoms with Gasteiger partial charge < -0.3 is 20.3 Å². The molecule has 1 aliphatic rings. The Bertz CT molecular complexity index is 795. The van der Waals surface area contributed by atoms with E-state index in [1.165, 1.54) is 0 Å². The van der Waals surface area contributed by atoms with Gasteiger partial charge in [0.25, 0.3) is 0 Å². The molecule has 0 aromatic heterocycles. The van der Waals surface area contributed by atoms with Crippen LogP contribution in [0.2, 0.25) is 5.02 Å². The van der Waals surface area contributed by atoms with Crippen molar-refractivity contribution in [1.29, 1.82) is 0 Å². The maximum Gasteiger partial charge on any atom is 0.315 e. The third-order valence-corrected chi connectivity index (χ3v) is 4.44. The van der Waals surface area contributed by atoms with Crippen molar-refractivity contribution in [3.8, 4) is 5.75 Å². The van der Waals surface area contributed by atoms with E-state index in [9.17, 15) is 9.59 Å². The Morgan fingerprint density at radius 1 is 1.27 bits per heavy atom. The number of urea groups is 1. The minimum Gasteiger partial charge on any atom is -0.497 e. The Morgan fingerprint density at radius 3 is 2.77 bits per heavy atom. The molecule has 0 spiro atoms. The van der Waals surface area contributed by atoms with Gasteiger partial charge in [0, 0.05) is 36.3 Å². The molecule has 0 saturated carbocycles. The maximum absolute atomic E-state index is 12.3. The van der Waals surface area contributed by atoms with Crippen molar-refractivity contribution in [2.75, 3.05) is 18.6 Å². The van der Waals surface area contributed by atoms with Gasteiger partial charge >= 0.3 is 6.03 Å². The lowest BCUT2D eigenvalue weighted by Gasteiger charge is -2.18. The van der Waals surface area contributed by atoms with Gasteiger partial charge in [-0.2, -0.15) is 0 Å². The molecule has 0 aliphatic carbocycles. The van der Waals surface area contributed by atoms with E-state index in [1.807, 2.05) is 30.3 Å². The third kappa shape index (κ3) is 4.46. The minimum absolute atomic E-state index is 0.0266. The highest BCUT2D eigenvalue weighted by atomic mass is 35.5. The minimum atomic E-state index is -0.301. The molecule has 2 aromatic rings. The van der Waals surface area contributed by atoms with Gasteiger partial charge in [-0.1, -0.05) is 29.8 Å². The zero-order valence-electron chi connectivity index (χ0n) is 14.4. The van der Waals surface area contributed by atoms with Crippen molar-refractivity contribution < 1.29 is 14.3 Å². The Labute approximate surface area is 157 Å². The molecule has 1 atom stereocenters. The summed E-state index contributed by atoms with van der Waals surface area (Å²) in [4.78, 5) is 26.0. The number of nitrogens with one attached hydrogen (secondary N) is 2. The predicted octanol–water partition coefficient (Wildman–Crippen LogP) is 2.95. The molecule has 7 heteroatoms. The molecule has 136 valence electrons. The van der Waals surface area contributed by atoms with E-state index >= 15 is 0 Å². The van der Waals surface area contributed by atoms with Crippen molar-refractivity contribution >= 4 is 29.2 Å². The average Bonchev–Trinajstić information content (AvgIpc) is 3.01. The highest BCUT2D eigenvalue weighted by Crippen LogP contribution is 2.25. The first-order chi connectivity index (χ1) is 12.5. The summed E-state index contributed by atoms with van der Waals surface area (Å²) in [5.74, 6) is 0.661. The van der Waals surface area contributed by atoms with Crippen LogP contribution in [0.15, 0.2) is 48.5 Å². The van der Waals surface area contributed by atoms with Crippen LogP contribution in [0.4, 0.5) is 10.5 Å². The van der Waals surface area contributed by atoms with Gasteiger partial charge in [-0.15, -0.1) is 0 Å². The maximum atomic E-state index is 12.3. The number of ether oxygens (including phenoxy) is 1. The van der Waals surface area contributed by atoms with Crippen molar-refractivity contribution in [3.05, 3.63) is 59.1 Å². The molecule has 1 saturated heterocycles. The van der Waals surface area contributed by atoms with Gasteiger partial charge in [-0.05, 0) is 29.8 Å². The van der Waals surface area contributed by atoms with Crippen LogP contribution in [0, 0.1) is 0 Å². The Kier molecular flexibility index (Phi) is 5.63. The van der Waals surface area contributed by atoms with E-state index in [1.54, 1.807) is 30.2 Å². The molecule has 3 amide bonds. The van der Waals surface area contributed by atoms with Gasteiger partial charge in [-0.25, -0.2) is 4.79 Å². The summed E-state index contributed by atoms with van der Waals surface area (Å²) in [6.45, 7) is 0.823. The summed E-state index contributed by atoms with van der Waals surface area (Å²) >= 11 is 5.84. The first kappa shape index (κ1) is 18.1. The fourth-order valence-electron chi connectivity index (χ4n) is 2.85. The number of anilines is 1. The van der Waals surface area contributed by atoms with Crippen molar-refractivity contribution in [2.45, 2.75) is 19.0 Å². The smallest absolute Gasteiger partial charge is 0.315 e. The number of carbonyl (C=O) groups excluding carboxylic acids is 2. The molecule has 1 fully saturated rings. The van der Waals surface area contributed by atoms with Crippen molar-refractivity contribution in [3.63, 3.8) is 0 Å². The number of hydrogen-bond acceptors (Lipinski definition) is 3. The fraction of sp³-hybridized carbons (Fsp3) is 0.263. The summed E-state index contributed by atoms with van der Waals surface area (Å²) in [6.07, 6.45) is 0.269. The van der Waals surface area contributed by atoms with Crippen molar-refractivity contribution in [2.24, 2.45) is 0 Å². The molecular weight excluding hydrogens is 354 g/mol. The monoisotopic (exact) mass is 373 g/mol. The van der Waals surface area contributed by atoms with Crippen molar-refractivity contribution in [1.82, 2.24) is 10.6 Å². The topological polar surface area (TPSA) is 70.7 Å². The quantitative estimate of drug-likeness (QED) is 0.846. The first-order valence-corrected chi connectivity index (χ1v) is 8.66. The van der Waals surface area contributed by atoms with E-state index in [-0.39, 0.29) is 24.4 Å². The number of methoxy groups -OCH3 is 1. The largest absolute Gasteiger partial charge is 0.497 e. The summed E-state index contributed by atoms with van der Waals surface area (Å²) in [7, 11) is 1.58. The highest BCUT2D eigenvalue weighted by Gasteiger charge is 2.31. The molecule has 2 aromatic carbocycles. The van der Waals surface area contributed by atoms with Gasteiger partial charge in [0.2, 0.25) is 5.91 Å². The zero-order valence-corrected chi connectivity index (χ0v) is 15.1. The van der Waals surface area contributed by atoms with E-state index in [2.05, 4.69) is 10.6 Å². The van der Waals surface area contributed by atoms with Crippen LogP contribution < -0.4 is 20.3 Å². The van der Waals surface area contributed by atoms with E-state index in [4.69, 9.17) is 16.3 Å². The van der Waals surface area contributed by atoms with Crippen LogP contribution in [0.1, 0.15) is 12.0 Å². The Balaban J connectivity index is 1.53. The average molecular weight is 374 g/mol. The molecule has 0 bridgehead atoms. The lowest BCUT2D eigenvalue weighted by molar-refractivity contribution is -0.117. The fourth-order valence-corrected chi connectivity index (χ4v) is 2.98. The molecule has 3 rings (SSSR count). The second kappa shape index (κ2) is 8.10. The SMILES string of the molecule is COc1cccc(N2CC(NC(=O)NCc3ccc(Cl)cc3)CC2=O)c1. The van der Waals surface area contributed by atoms with Gasteiger partial charge in [-0.3, -0.25) is 4.79 Å². The lowest BCUT2D eigenvalue weighted by Crippen LogP contribution is -2.43. The number of halogens is 1. The molecule has 1 heterocycles. The second-order valence-corrected chi connectivity index (χ2v) is 6.50. The number of rotatable bonds is 5. The van der Waals surface area contributed by atoms with Gasteiger partial charge in [0.1, 0.15) is 5.75 Å². The Morgan fingerprint density at radius 2 is 2.04 bits per heavy atom. The lowest BCUT2D eigenvalue weighted by atomic mass is 10.2. The van der Waals surface area contributed by atoms with Crippen LogP contribution in [0.5, 0.6) is 5.75 Å².